The molecule has 6 nitrogen and oxygen atoms in total. The van der Waals surface area contributed by atoms with Gasteiger partial charge in [-0.25, -0.2) is 9.97 Å². The number of hydrogen-bond donors (Lipinski definition) is 3. The summed E-state index contributed by atoms with van der Waals surface area (Å²) in [7, 11) is 1.54. The Morgan fingerprint density at radius 3 is 2.16 bits per heavy atom. The summed E-state index contributed by atoms with van der Waals surface area (Å²) in [4.78, 5) is 20.5. The number of hydrogen-bond acceptors (Lipinski definition) is 5. The van der Waals surface area contributed by atoms with Crippen LogP contribution in [-0.4, -0.2) is 22.9 Å². The molecule has 6 heteroatoms. The van der Waals surface area contributed by atoms with Gasteiger partial charge in [0.25, 0.3) is 5.91 Å². The van der Waals surface area contributed by atoms with Gasteiger partial charge in [-0.1, -0.05) is 66.7 Å². The Labute approximate surface area is 187 Å². The minimum Gasteiger partial charge on any atom is -0.382 e. The van der Waals surface area contributed by atoms with Gasteiger partial charge in [0, 0.05) is 25.7 Å². The van der Waals surface area contributed by atoms with Gasteiger partial charge in [-0.15, -0.1) is 0 Å². The molecule has 32 heavy (non-hydrogen) atoms. The fourth-order valence-electron chi connectivity index (χ4n) is 3.51. The number of aromatic nitrogens is 2. The number of nitrogen functional groups attached to an aromatic ring is 1. The second-order valence-corrected chi connectivity index (χ2v) is 7.44. The lowest BCUT2D eigenvalue weighted by atomic mass is 10.0. The van der Waals surface area contributed by atoms with Crippen LogP contribution in [0, 0.1) is 0 Å². The van der Waals surface area contributed by atoms with E-state index in [-0.39, 0.29) is 17.4 Å². The number of benzene rings is 3. The monoisotopic (exact) mass is 423 g/mol. The molecule has 0 aliphatic rings. The fourth-order valence-corrected chi connectivity index (χ4v) is 3.51. The Morgan fingerprint density at radius 2 is 1.47 bits per heavy atom. The molecule has 4 aromatic rings. The average Bonchev–Trinajstić information content (AvgIpc) is 2.85. The highest BCUT2D eigenvalue weighted by atomic mass is 16.1. The highest BCUT2D eigenvalue weighted by Crippen LogP contribution is 2.21. The smallest absolute Gasteiger partial charge is 0.273 e. The molecule has 3 aromatic carbocycles. The number of nitrogens with two attached hydrogens (primary N) is 1. The van der Waals surface area contributed by atoms with E-state index in [2.05, 4.69) is 75.2 Å². The molecule has 0 aliphatic heterocycles. The van der Waals surface area contributed by atoms with E-state index >= 15 is 0 Å². The predicted octanol–water partition coefficient (Wildman–Crippen LogP) is 4.04. The van der Waals surface area contributed by atoms with Crippen molar-refractivity contribution in [3.63, 3.8) is 0 Å². The van der Waals surface area contributed by atoms with Crippen LogP contribution >= 0.6 is 0 Å². The summed E-state index contributed by atoms with van der Waals surface area (Å²) in [5.41, 5.74) is 12.2. The van der Waals surface area contributed by atoms with Gasteiger partial charge < -0.3 is 16.4 Å². The van der Waals surface area contributed by atoms with Crippen LogP contribution in [0.25, 0.3) is 22.4 Å². The van der Waals surface area contributed by atoms with Gasteiger partial charge in [0.1, 0.15) is 0 Å². The van der Waals surface area contributed by atoms with Crippen LogP contribution in [-0.2, 0) is 13.1 Å². The molecule has 1 aromatic heterocycles. The van der Waals surface area contributed by atoms with Crippen molar-refractivity contribution in [2.24, 2.45) is 0 Å². The van der Waals surface area contributed by atoms with E-state index in [1.807, 2.05) is 24.3 Å². The van der Waals surface area contributed by atoms with Gasteiger partial charge in [-0.05, 0) is 34.4 Å². The van der Waals surface area contributed by atoms with E-state index in [1.165, 1.54) is 23.7 Å². The molecule has 4 rings (SSSR count). The molecule has 0 bridgehead atoms. The number of nitrogens with zero attached hydrogens (tertiary/aromatic N) is 2. The standard InChI is InChI=1S/C26H25N5O/c1-28-26(32)24-25(27)30-17-23(31-24)22-12-6-8-19(14-22)16-29-15-18-7-5-11-21(13-18)20-9-3-2-4-10-20/h2-14,17,29H,15-16H2,1H3,(H2,27,30)(H,28,32). The normalized spacial score (nSPS) is 10.7. The predicted molar refractivity (Wildman–Crippen MR) is 128 cm³/mol. The molecular formula is C26H25N5O. The zero-order chi connectivity index (χ0) is 22.3. The Hall–Kier alpha value is -4.03. The lowest BCUT2D eigenvalue weighted by Crippen LogP contribution is -2.21. The number of anilines is 1. The van der Waals surface area contributed by atoms with E-state index in [9.17, 15) is 4.79 Å². The fraction of sp³-hybridized carbons (Fsp3) is 0.115. The molecule has 0 fully saturated rings. The van der Waals surface area contributed by atoms with E-state index in [0.29, 0.717) is 12.2 Å². The molecule has 0 atom stereocenters. The molecule has 4 N–H and O–H groups in total. The summed E-state index contributed by atoms with van der Waals surface area (Å²) in [6.07, 6.45) is 1.59. The third-order valence-corrected chi connectivity index (χ3v) is 5.16. The summed E-state index contributed by atoms with van der Waals surface area (Å²) in [5.74, 6) is -0.240. The van der Waals surface area contributed by atoms with Crippen LogP contribution < -0.4 is 16.4 Å². The molecular weight excluding hydrogens is 398 g/mol. The first-order valence-electron chi connectivity index (χ1n) is 10.4. The van der Waals surface area contributed by atoms with Crippen molar-refractivity contribution in [3.05, 3.63) is 102 Å². The van der Waals surface area contributed by atoms with Crippen LogP contribution in [0.4, 0.5) is 5.82 Å². The molecule has 1 amide bonds. The lowest BCUT2D eigenvalue weighted by Gasteiger charge is -2.10. The van der Waals surface area contributed by atoms with Crippen molar-refractivity contribution >= 4 is 11.7 Å². The summed E-state index contributed by atoms with van der Waals surface area (Å²) in [5, 5.41) is 6.04. The van der Waals surface area contributed by atoms with Crippen molar-refractivity contribution in [1.82, 2.24) is 20.6 Å². The first-order valence-corrected chi connectivity index (χ1v) is 10.4. The molecule has 0 aliphatic carbocycles. The minimum absolute atomic E-state index is 0.114. The number of amides is 1. The van der Waals surface area contributed by atoms with Crippen LogP contribution in [0.15, 0.2) is 85.1 Å². The van der Waals surface area contributed by atoms with E-state index < -0.39 is 0 Å². The van der Waals surface area contributed by atoms with Crippen molar-refractivity contribution in [3.8, 4) is 22.4 Å². The summed E-state index contributed by atoms with van der Waals surface area (Å²) in [6, 6.07) is 26.9. The first kappa shape index (κ1) is 21.2. The van der Waals surface area contributed by atoms with Crippen molar-refractivity contribution in [2.75, 3.05) is 12.8 Å². The van der Waals surface area contributed by atoms with Gasteiger partial charge in [-0.2, -0.15) is 0 Å². The van der Waals surface area contributed by atoms with Crippen molar-refractivity contribution in [1.29, 1.82) is 0 Å². The maximum atomic E-state index is 12.0. The van der Waals surface area contributed by atoms with Crippen molar-refractivity contribution in [2.45, 2.75) is 13.1 Å². The van der Waals surface area contributed by atoms with E-state index in [4.69, 9.17) is 5.73 Å². The molecule has 1 heterocycles. The summed E-state index contributed by atoms with van der Waals surface area (Å²) < 4.78 is 0. The highest BCUT2D eigenvalue weighted by molar-refractivity contribution is 5.96. The molecule has 0 spiro atoms. The number of rotatable bonds is 7. The largest absolute Gasteiger partial charge is 0.382 e. The third kappa shape index (κ3) is 4.99. The van der Waals surface area contributed by atoms with E-state index in [1.54, 1.807) is 6.20 Å². The van der Waals surface area contributed by atoms with Gasteiger partial charge in [0.2, 0.25) is 0 Å². The van der Waals surface area contributed by atoms with Crippen LogP contribution in [0.3, 0.4) is 0 Å². The topological polar surface area (TPSA) is 92.9 Å². The maximum Gasteiger partial charge on any atom is 0.273 e. The summed E-state index contributed by atoms with van der Waals surface area (Å²) >= 11 is 0. The zero-order valence-electron chi connectivity index (χ0n) is 17.9. The molecule has 0 radical (unpaired) electrons. The highest BCUT2D eigenvalue weighted by Gasteiger charge is 2.13. The second kappa shape index (κ2) is 9.85. The SMILES string of the molecule is CNC(=O)c1nc(-c2cccc(CNCc3cccc(-c4ccccc4)c3)c2)cnc1N. The van der Waals surface area contributed by atoms with Crippen LogP contribution in [0.1, 0.15) is 21.6 Å². The first-order chi connectivity index (χ1) is 15.6. The Bertz CT molecular complexity index is 1220. The average molecular weight is 424 g/mol. The number of carbonyl (C=O) groups is 1. The van der Waals surface area contributed by atoms with Crippen molar-refractivity contribution < 1.29 is 4.79 Å². The zero-order valence-corrected chi connectivity index (χ0v) is 17.9. The van der Waals surface area contributed by atoms with Crippen LogP contribution in [0.5, 0.6) is 0 Å². The molecule has 0 unspecified atom stereocenters. The van der Waals surface area contributed by atoms with Gasteiger partial charge in [-0.3, -0.25) is 4.79 Å². The Balaban J connectivity index is 1.44. The lowest BCUT2D eigenvalue weighted by molar-refractivity contribution is 0.0959. The second-order valence-electron chi connectivity index (χ2n) is 7.44. The quantitative estimate of drug-likeness (QED) is 0.417. The Morgan fingerprint density at radius 1 is 0.844 bits per heavy atom. The van der Waals surface area contributed by atoms with E-state index in [0.717, 1.165) is 17.7 Å². The molecule has 0 saturated carbocycles. The van der Waals surface area contributed by atoms with Gasteiger partial charge in [0.05, 0.1) is 11.9 Å². The third-order valence-electron chi connectivity index (χ3n) is 5.16. The van der Waals surface area contributed by atoms with Gasteiger partial charge in [0.15, 0.2) is 11.5 Å². The summed E-state index contributed by atoms with van der Waals surface area (Å²) in [6.45, 7) is 1.46. The van der Waals surface area contributed by atoms with Crippen LogP contribution in [0.2, 0.25) is 0 Å². The van der Waals surface area contributed by atoms with Gasteiger partial charge >= 0.3 is 0 Å². The Kier molecular flexibility index (Phi) is 6.53. The molecule has 160 valence electrons. The number of carbonyl (C=O) groups excluding carboxylic acids is 1. The molecule has 0 saturated heterocycles. The number of nitrogens with one attached hydrogen (secondary N) is 2. The minimum atomic E-state index is -0.354. The maximum absolute atomic E-state index is 12.0.